The monoisotopic (exact) mass is 516 g/mol. The van der Waals surface area contributed by atoms with Crippen LogP contribution < -0.4 is 4.74 Å². The number of urea groups is 1. The lowest BCUT2D eigenvalue weighted by atomic mass is 9.81. The van der Waals surface area contributed by atoms with Crippen LogP contribution in [0.25, 0.3) is 10.9 Å². The minimum Gasteiger partial charge on any atom is -0.508 e. The molecular formula is C30H36N4O4. The van der Waals surface area contributed by atoms with E-state index in [1.807, 2.05) is 38.1 Å². The van der Waals surface area contributed by atoms with Crippen molar-refractivity contribution in [2.24, 2.45) is 0 Å². The maximum absolute atomic E-state index is 14.0. The Morgan fingerprint density at radius 2 is 1.89 bits per heavy atom. The molecule has 2 N–H and O–H groups in total. The number of amides is 3. The SMILES string of the molecule is CCOc1ccc2[nH]c3c(c2c1)CC1(C)C(=O)N(CCCN2CCCCC2)C(=O)N1C3c1cccc(O)c1. The van der Waals surface area contributed by atoms with Crippen LogP contribution in [0.15, 0.2) is 42.5 Å². The summed E-state index contributed by atoms with van der Waals surface area (Å²) in [4.78, 5) is 37.2. The summed E-state index contributed by atoms with van der Waals surface area (Å²) in [6.45, 7) is 7.91. The van der Waals surface area contributed by atoms with E-state index in [9.17, 15) is 14.7 Å². The van der Waals surface area contributed by atoms with E-state index in [1.165, 1.54) is 24.2 Å². The maximum atomic E-state index is 14.0. The van der Waals surface area contributed by atoms with E-state index in [1.54, 1.807) is 23.1 Å². The van der Waals surface area contributed by atoms with Gasteiger partial charge in [-0.3, -0.25) is 14.6 Å². The van der Waals surface area contributed by atoms with Crippen molar-refractivity contribution in [1.29, 1.82) is 0 Å². The zero-order chi connectivity index (χ0) is 26.4. The number of nitrogens with zero attached hydrogens (tertiary/aromatic N) is 3. The van der Waals surface area contributed by atoms with Gasteiger partial charge in [-0.15, -0.1) is 0 Å². The summed E-state index contributed by atoms with van der Waals surface area (Å²) >= 11 is 0. The molecule has 2 aromatic carbocycles. The van der Waals surface area contributed by atoms with Crippen molar-refractivity contribution >= 4 is 22.8 Å². The third-order valence-electron chi connectivity index (χ3n) is 8.44. The Hall–Kier alpha value is -3.52. The Morgan fingerprint density at radius 1 is 1.08 bits per heavy atom. The van der Waals surface area contributed by atoms with Crippen LogP contribution >= 0.6 is 0 Å². The first-order valence-electron chi connectivity index (χ1n) is 13.8. The van der Waals surface area contributed by atoms with E-state index in [0.717, 1.165) is 59.5 Å². The molecule has 4 heterocycles. The number of piperidine rings is 1. The number of nitrogens with one attached hydrogen (secondary N) is 1. The molecule has 3 aliphatic heterocycles. The van der Waals surface area contributed by atoms with Crippen LogP contribution in [0.3, 0.4) is 0 Å². The molecule has 8 nitrogen and oxygen atoms in total. The van der Waals surface area contributed by atoms with Crippen molar-refractivity contribution in [3.05, 3.63) is 59.3 Å². The molecule has 0 aliphatic carbocycles. The smallest absolute Gasteiger partial charge is 0.328 e. The van der Waals surface area contributed by atoms with Crippen LogP contribution in [0.2, 0.25) is 0 Å². The zero-order valence-electron chi connectivity index (χ0n) is 22.2. The van der Waals surface area contributed by atoms with Gasteiger partial charge in [0.15, 0.2) is 0 Å². The highest BCUT2D eigenvalue weighted by molar-refractivity contribution is 6.08. The molecule has 2 fully saturated rings. The van der Waals surface area contributed by atoms with Gasteiger partial charge in [0.1, 0.15) is 23.1 Å². The highest BCUT2D eigenvalue weighted by Gasteiger charge is 2.60. The van der Waals surface area contributed by atoms with Gasteiger partial charge in [0, 0.05) is 29.6 Å². The number of imide groups is 1. The standard InChI is InChI=1S/C30H36N4O4/c1-3-38-22-11-12-25-23(18-22)24-19-30(2)28(36)33(16-8-15-32-13-5-4-6-14-32)29(37)34(30)27(26(24)31-25)20-9-7-10-21(35)17-20/h7,9-12,17-18,27,31,35H,3-6,8,13-16,19H2,1-2H3. The van der Waals surface area contributed by atoms with Gasteiger partial charge in [-0.1, -0.05) is 18.6 Å². The third kappa shape index (κ3) is 4.02. The van der Waals surface area contributed by atoms with Gasteiger partial charge in [0.25, 0.3) is 5.91 Å². The van der Waals surface area contributed by atoms with Crippen molar-refractivity contribution in [2.75, 3.05) is 32.8 Å². The molecule has 1 aromatic heterocycles. The third-order valence-corrected chi connectivity index (χ3v) is 8.44. The van der Waals surface area contributed by atoms with Crippen LogP contribution in [0.5, 0.6) is 11.5 Å². The second kappa shape index (κ2) is 9.66. The molecule has 38 heavy (non-hydrogen) atoms. The molecule has 3 aromatic rings. The number of hydrogen-bond donors (Lipinski definition) is 2. The Morgan fingerprint density at radius 3 is 2.66 bits per heavy atom. The number of aromatic nitrogens is 1. The lowest BCUT2D eigenvalue weighted by Crippen LogP contribution is -2.53. The summed E-state index contributed by atoms with van der Waals surface area (Å²) in [5, 5.41) is 11.3. The molecule has 2 unspecified atom stereocenters. The summed E-state index contributed by atoms with van der Waals surface area (Å²) in [6.07, 6.45) is 4.90. The van der Waals surface area contributed by atoms with E-state index in [0.29, 0.717) is 19.6 Å². The van der Waals surface area contributed by atoms with Gasteiger partial charge in [0.05, 0.1) is 6.61 Å². The molecular weight excluding hydrogens is 480 g/mol. The predicted octanol–water partition coefficient (Wildman–Crippen LogP) is 4.82. The largest absolute Gasteiger partial charge is 0.508 e. The fraction of sp³-hybridized carbons (Fsp3) is 0.467. The number of fused-ring (bicyclic) bond motifs is 4. The lowest BCUT2D eigenvalue weighted by Gasteiger charge is -2.42. The first kappa shape index (κ1) is 24.8. The van der Waals surface area contributed by atoms with Crippen LogP contribution in [-0.2, 0) is 11.2 Å². The number of ether oxygens (including phenoxy) is 1. The fourth-order valence-corrected chi connectivity index (χ4v) is 6.62. The number of aromatic amines is 1. The van der Waals surface area contributed by atoms with E-state index in [4.69, 9.17) is 4.74 Å². The van der Waals surface area contributed by atoms with Crippen LogP contribution in [-0.4, -0.2) is 75.1 Å². The fourth-order valence-electron chi connectivity index (χ4n) is 6.62. The quantitative estimate of drug-likeness (QED) is 0.440. The van der Waals surface area contributed by atoms with Gasteiger partial charge in [-0.25, -0.2) is 4.79 Å². The molecule has 200 valence electrons. The number of H-pyrrole nitrogens is 1. The highest BCUT2D eigenvalue weighted by Crippen LogP contribution is 2.49. The molecule has 6 rings (SSSR count). The Bertz CT molecular complexity index is 1380. The van der Waals surface area contributed by atoms with Gasteiger partial charge in [-0.05, 0) is 94.2 Å². The van der Waals surface area contributed by atoms with E-state index >= 15 is 0 Å². The second-order valence-electron chi connectivity index (χ2n) is 11.0. The first-order valence-corrected chi connectivity index (χ1v) is 13.8. The number of hydrogen-bond acceptors (Lipinski definition) is 5. The lowest BCUT2D eigenvalue weighted by molar-refractivity contribution is -0.133. The summed E-state index contributed by atoms with van der Waals surface area (Å²) in [5.41, 5.74) is 2.58. The first-order chi connectivity index (χ1) is 18.4. The van der Waals surface area contributed by atoms with Gasteiger partial charge >= 0.3 is 6.03 Å². The zero-order valence-corrected chi connectivity index (χ0v) is 22.2. The molecule has 2 saturated heterocycles. The molecule has 0 bridgehead atoms. The molecule has 8 heteroatoms. The van der Waals surface area contributed by atoms with Crippen molar-refractivity contribution in [2.45, 2.75) is 57.5 Å². The number of aromatic hydroxyl groups is 1. The summed E-state index contributed by atoms with van der Waals surface area (Å²) in [7, 11) is 0. The Balaban J connectivity index is 1.39. The maximum Gasteiger partial charge on any atom is 0.328 e. The van der Waals surface area contributed by atoms with Crippen LogP contribution in [0.4, 0.5) is 4.79 Å². The summed E-state index contributed by atoms with van der Waals surface area (Å²) in [5.74, 6) is 0.756. The summed E-state index contributed by atoms with van der Waals surface area (Å²) in [6, 6.07) is 12.2. The molecule has 3 amide bonds. The van der Waals surface area contributed by atoms with Crippen LogP contribution in [0, 0.1) is 0 Å². The Kier molecular flexibility index (Phi) is 6.30. The van der Waals surface area contributed by atoms with Gasteiger partial charge in [0.2, 0.25) is 0 Å². The number of rotatable bonds is 7. The van der Waals surface area contributed by atoms with E-state index in [-0.39, 0.29) is 17.7 Å². The normalized spacial score (nSPS) is 23.7. The van der Waals surface area contributed by atoms with Crippen molar-refractivity contribution in [3.63, 3.8) is 0 Å². The van der Waals surface area contributed by atoms with Crippen molar-refractivity contribution in [1.82, 2.24) is 19.7 Å². The van der Waals surface area contributed by atoms with Gasteiger partial charge in [-0.2, -0.15) is 0 Å². The number of phenols is 1. The minimum atomic E-state index is -1.03. The molecule has 2 atom stereocenters. The molecule has 0 spiro atoms. The van der Waals surface area contributed by atoms with Gasteiger partial charge < -0.3 is 19.7 Å². The number of phenolic OH excluding ortho intramolecular Hbond substituents is 1. The average molecular weight is 517 g/mol. The number of likely N-dealkylation sites (tertiary alicyclic amines) is 1. The molecule has 0 saturated carbocycles. The molecule has 3 aliphatic rings. The number of benzene rings is 2. The van der Waals surface area contributed by atoms with E-state index in [2.05, 4.69) is 9.88 Å². The number of carbonyl (C=O) groups is 2. The highest BCUT2D eigenvalue weighted by atomic mass is 16.5. The predicted molar refractivity (Wildman–Crippen MR) is 145 cm³/mol. The minimum absolute atomic E-state index is 0.127. The van der Waals surface area contributed by atoms with E-state index < -0.39 is 11.6 Å². The molecule has 0 radical (unpaired) electrons. The summed E-state index contributed by atoms with van der Waals surface area (Å²) < 4.78 is 5.77. The van der Waals surface area contributed by atoms with Crippen molar-refractivity contribution in [3.8, 4) is 11.5 Å². The second-order valence-corrected chi connectivity index (χ2v) is 11.0. The van der Waals surface area contributed by atoms with Crippen molar-refractivity contribution < 1.29 is 19.4 Å². The van der Waals surface area contributed by atoms with Crippen LogP contribution in [0.1, 0.15) is 62.4 Å². The average Bonchev–Trinajstić information content (AvgIpc) is 3.35. The Labute approximate surface area is 223 Å². The topological polar surface area (TPSA) is 89.1 Å². The number of carbonyl (C=O) groups excluding carboxylic acids is 2.